The Labute approximate surface area is 81.5 Å². The lowest BCUT2D eigenvalue weighted by Crippen LogP contribution is -1.85. The fourth-order valence-electron chi connectivity index (χ4n) is 1.04. The fraction of sp³-hybridized carbons (Fsp3) is 0.0909. The van der Waals surface area contributed by atoms with Gasteiger partial charge in [0.05, 0.1) is 0 Å². The Morgan fingerprint density at radius 1 is 1.14 bits per heavy atom. The molecule has 0 aliphatic heterocycles. The summed E-state index contributed by atoms with van der Waals surface area (Å²) in [5.41, 5.74) is 1.30. The lowest BCUT2D eigenvalue weighted by molar-refractivity contribution is 0.627. The van der Waals surface area contributed by atoms with Gasteiger partial charge in [-0.3, -0.25) is 0 Å². The molecule has 68 valence electrons. The first kappa shape index (κ1) is 9.95. The van der Waals surface area contributed by atoms with Crippen LogP contribution in [0.1, 0.15) is 12.5 Å². The van der Waals surface area contributed by atoms with E-state index < -0.39 is 0 Å². The highest BCUT2D eigenvalue weighted by Crippen LogP contribution is 2.17. The molecule has 0 atom stereocenters. The van der Waals surface area contributed by atoms with Crippen LogP contribution in [0.25, 0.3) is 5.57 Å². The molecule has 2 nitrogen and oxygen atoms in total. The third kappa shape index (κ3) is 1.97. The van der Waals surface area contributed by atoms with E-state index in [1.165, 1.54) is 12.1 Å². The molecule has 0 aromatic heterocycles. The average Bonchev–Trinajstić information content (AvgIpc) is 2.20. The largest absolute Gasteiger partial charge is 0.207 e. The zero-order valence-electron chi connectivity index (χ0n) is 7.58. The van der Waals surface area contributed by atoms with E-state index >= 15 is 0 Å². The van der Waals surface area contributed by atoms with Crippen LogP contribution >= 0.6 is 0 Å². The average molecular weight is 186 g/mol. The van der Waals surface area contributed by atoms with Crippen LogP contribution in [0.15, 0.2) is 29.8 Å². The molecule has 0 radical (unpaired) electrons. The molecule has 0 bridgehead atoms. The second-order valence-electron chi connectivity index (χ2n) is 2.73. The van der Waals surface area contributed by atoms with Crippen LogP contribution in [0.3, 0.4) is 0 Å². The SMILES string of the molecule is CC(=C(C#N)C#N)c1ccc(F)cc1. The summed E-state index contributed by atoms with van der Waals surface area (Å²) in [4.78, 5) is 0. The summed E-state index contributed by atoms with van der Waals surface area (Å²) in [5.74, 6) is -0.336. The highest BCUT2D eigenvalue weighted by atomic mass is 19.1. The predicted octanol–water partition coefficient (Wildman–Crippen LogP) is 2.65. The molecule has 1 aromatic carbocycles. The summed E-state index contributed by atoms with van der Waals surface area (Å²) in [6, 6.07) is 9.25. The maximum Gasteiger partial charge on any atom is 0.133 e. The van der Waals surface area contributed by atoms with Crippen LogP contribution in [0.5, 0.6) is 0 Å². The number of allylic oxidation sites excluding steroid dienone is 2. The minimum absolute atomic E-state index is 0.0524. The van der Waals surface area contributed by atoms with Crippen molar-refractivity contribution in [3.8, 4) is 12.1 Å². The Balaban J connectivity index is 3.21. The third-order valence-electron chi connectivity index (χ3n) is 1.88. The lowest BCUT2D eigenvalue weighted by Gasteiger charge is -2.00. The van der Waals surface area contributed by atoms with Gasteiger partial charge in [0, 0.05) is 0 Å². The van der Waals surface area contributed by atoms with E-state index in [0.717, 1.165) is 0 Å². The molecule has 0 saturated carbocycles. The van der Waals surface area contributed by atoms with Crippen molar-refractivity contribution < 1.29 is 4.39 Å². The number of benzene rings is 1. The molecule has 1 aromatic rings. The summed E-state index contributed by atoms with van der Waals surface area (Å²) in [5, 5.41) is 17.2. The second-order valence-corrected chi connectivity index (χ2v) is 2.73. The Morgan fingerprint density at radius 2 is 1.64 bits per heavy atom. The van der Waals surface area contributed by atoms with Crippen LogP contribution in [0.2, 0.25) is 0 Å². The second kappa shape index (κ2) is 4.20. The molecular weight excluding hydrogens is 179 g/mol. The highest BCUT2D eigenvalue weighted by Gasteiger charge is 2.03. The summed E-state index contributed by atoms with van der Waals surface area (Å²) in [6.45, 7) is 1.66. The van der Waals surface area contributed by atoms with Crippen LogP contribution in [0, 0.1) is 28.5 Å². The van der Waals surface area contributed by atoms with E-state index in [9.17, 15) is 4.39 Å². The molecule has 0 spiro atoms. The van der Waals surface area contributed by atoms with Crippen LogP contribution in [-0.2, 0) is 0 Å². The molecule has 0 unspecified atom stereocenters. The van der Waals surface area contributed by atoms with Crippen molar-refractivity contribution in [1.29, 1.82) is 10.5 Å². The van der Waals surface area contributed by atoms with Gasteiger partial charge >= 0.3 is 0 Å². The monoisotopic (exact) mass is 186 g/mol. The van der Waals surface area contributed by atoms with Crippen molar-refractivity contribution >= 4 is 5.57 Å². The Bertz CT molecular complexity index is 428. The van der Waals surface area contributed by atoms with Gasteiger partial charge in [-0.05, 0) is 30.2 Å². The lowest BCUT2D eigenvalue weighted by atomic mass is 10.0. The van der Waals surface area contributed by atoms with Gasteiger partial charge < -0.3 is 0 Å². The molecule has 0 fully saturated rings. The van der Waals surface area contributed by atoms with Crippen molar-refractivity contribution in [1.82, 2.24) is 0 Å². The van der Waals surface area contributed by atoms with E-state index in [2.05, 4.69) is 0 Å². The summed E-state index contributed by atoms with van der Waals surface area (Å²) >= 11 is 0. The number of nitriles is 2. The van der Waals surface area contributed by atoms with Gasteiger partial charge in [-0.25, -0.2) is 4.39 Å². The number of hydrogen-bond donors (Lipinski definition) is 0. The zero-order valence-corrected chi connectivity index (χ0v) is 7.58. The van der Waals surface area contributed by atoms with E-state index in [1.807, 2.05) is 0 Å². The Kier molecular flexibility index (Phi) is 2.99. The summed E-state index contributed by atoms with van der Waals surface area (Å²) < 4.78 is 12.6. The van der Waals surface area contributed by atoms with Gasteiger partial charge in [0.15, 0.2) is 0 Å². The van der Waals surface area contributed by atoms with Gasteiger partial charge in [0.25, 0.3) is 0 Å². The first-order valence-corrected chi connectivity index (χ1v) is 3.96. The van der Waals surface area contributed by atoms with Crippen molar-refractivity contribution in [2.75, 3.05) is 0 Å². The Hall–Kier alpha value is -2.13. The van der Waals surface area contributed by atoms with Crippen LogP contribution in [-0.4, -0.2) is 0 Å². The number of rotatable bonds is 1. The van der Waals surface area contributed by atoms with Crippen molar-refractivity contribution in [2.24, 2.45) is 0 Å². The van der Waals surface area contributed by atoms with E-state index in [1.54, 1.807) is 31.2 Å². The van der Waals surface area contributed by atoms with Gasteiger partial charge in [-0.1, -0.05) is 12.1 Å². The molecule has 0 aliphatic rings. The smallest absolute Gasteiger partial charge is 0.133 e. The molecular formula is C11H7FN2. The highest BCUT2D eigenvalue weighted by molar-refractivity contribution is 5.73. The maximum absolute atomic E-state index is 12.6. The predicted molar refractivity (Wildman–Crippen MR) is 50.2 cm³/mol. The molecule has 0 heterocycles. The van der Waals surface area contributed by atoms with Gasteiger partial charge in [0.1, 0.15) is 23.5 Å². The number of halogens is 1. The normalized spacial score (nSPS) is 8.57. The molecule has 3 heteroatoms. The molecule has 0 saturated heterocycles. The van der Waals surface area contributed by atoms with E-state index in [0.29, 0.717) is 11.1 Å². The van der Waals surface area contributed by atoms with Crippen molar-refractivity contribution in [3.63, 3.8) is 0 Å². The minimum Gasteiger partial charge on any atom is -0.207 e. The first-order chi connectivity index (χ1) is 6.69. The number of hydrogen-bond acceptors (Lipinski definition) is 2. The van der Waals surface area contributed by atoms with E-state index in [4.69, 9.17) is 10.5 Å². The summed E-state index contributed by atoms with van der Waals surface area (Å²) in [6.07, 6.45) is 0. The van der Waals surface area contributed by atoms with Gasteiger partial charge in [0.2, 0.25) is 0 Å². The molecule has 0 amide bonds. The van der Waals surface area contributed by atoms with Crippen molar-refractivity contribution in [2.45, 2.75) is 6.92 Å². The number of nitrogens with zero attached hydrogens (tertiary/aromatic N) is 2. The topological polar surface area (TPSA) is 47.6 Å². The zero-order chi connectivity index (χ0) is 10.6. The summed E-state index contributed by atoms with van der Waals surface area (Å²) in [7, 11) is 0. The Morgan fingerprint density at radius 3 is 2.07 bits per heavy atom. The third-order valence-corrected chi connectivity index (χ3v) is 1.88. The maximum atomic E-state index is 12.6. The minimum atomic E-state index is -0.336. The van der Waals surface area contributed by atoms with Crippen LogP contribution < -0.4 is 0 Å². The van der Waals surface area contributed by atoms with Crippen LogP contribution in [0.4, 0.5) is 4.39 Å². The molecule has 1 rings (SSSR count). The molecule has 0 N–H and O–H groups in total. The fourth-order valence-corrected chi connectivity index (χ4v) is 1.04. The quantitative estimate of drug-likeness (QED) is 0.633. The van der Waals surface area contributed by atoms with Gasteiger partial charge in [-0.15, -0.1) is 0 Å². The van der Waals surface area contributed by atoms with E-state index in [-0.39, 0.29) is 11.4 Å². The molecule has 0 aliphatic carbocycles. The van der Waals surface area contributed by atoms with Gasteiger partial charge in [-0.2, -0.15) is 10.5 Å². The standard InChI is InChI=1S/C11H7FN2/c1-8(10(6-13)7-14)9-2-4-11(12)5-3-9/h2-5H,1H3. The first-order valence-electron chi connectivity index (χ1n) is 3.96. The molecule has 14 heavy (non-hydrogen) atoms. The van der Waals surface area contributed by atoms with Crippen molar-refractivity contribution in [3.05, 3.63) is 41.2 Å².